The van der Waals surface area contributed by atoms with Gasteiger partial charge in [-0.25, -0.2) is 4.98 Å². The van der Waals surface area contributed by atoms with Crippen LogP contribution in [0.2, 0.25) is 0 Å². The Morgan fingerprint density at radius 2 is 2.00 bits per heavy atom. The van der Waals surface area contributed by atoms with Gasteiger partial charge in [0.25, 0.3) is 0 Å². The van der Waals surface area contributed by atoms with Crippen LogP contribution in [0.5, 0.6) is 0 Å². The Hall–Kier alpha value is -3.10. The van der Waals surface area contributed by atoms with E-state index in [2.05, 4.69) is 36.9 Å². The molecule has 0 radical (unpaired) electrons. The minimum Gasteiger partial charge on any atom is -0.440 e. The summed E-state index contributed by atoms with van der Waals surface area (Å²) in [4.78, 5) is 7.93. The number of ether oxygens (including phenoxy) is 1. The van der Waals surface area contributed by atoms with Crippen LogP contribution in [0, 0.1) is 0 Å². The molecule has 1 saturated heterocycles. The number of nitrogens with one attached hydrogen (secondary N) is 1. The van der Waals surface area contributed by atoms with Gasteiger partial charge in [0.05, 0.1) is 18.4 Å². The lowest BCUT2D eigenvalue weighted by molar-refractivity contribution is 0.0953. The Morgan fingerprint density at radius 3 is 2.90 bits per heavy atom. The first-order valence-corrected chi connectivity index (χ1v) is 11.4. The number of aromatic nitrogens is 5. The van der Waals surface area contributed by atoms with Gasteiger partial charge in [0.15, 0.2) is 16.6 Å². The highest BCUT2D eigenvalue weighted by atomic mass is 32.2. The number of hydrogen-bond donors (Lipinski definition) is 1. The zero-order valence-electron chi connectivity index (χ0n) is 16.8. The second-order valence-corrected chi connectivity index (χ2v) is 8.61. The number of rotatable bonds is 6. The fourth-order valence-electron chi connectivity index (χ4n) is 4.12. The third kappa shape index (κ3) is 3.51. The zero-order valence-corrected chi connectivity index (χ0v) is 17.6. The summed E-state index contributed by atoms with van der Waals surface area (Å²) in [6, 6.07) is 16.1. The molecule has 1 aliphatic rings. The number of oxazole rings is 1. The normalized spacial score (nSPS) is 16.6. The monoisotopic (exact) mass is 431 g/mol. The molecule has 1 N–H and O–H groups in total. The number of thioether (sulfide) groups is 1. The number of para-hydroxylation sites is 3. The van der Waals surface area contributed by atoms with Crippen molar-refractivity contribution < 1.29 is 9.15 Å². The van der Waals surface area contributed by atoms with Crippen LogP contribution < -0.4 is 0 Å². The Morgan fingerprint density at radius 1 is 1.10 bits per heavy atom. The second kappa shape index (κ2) is 7.86. The van der Waals surface area contributed by atoms with Gasteiger partial charge in [-0.05, 0) is 31.0 Å². The quantitative estimate of drug-likeness (QED) is 0.379. The molecule has 2 aromatic carbocycles. The fraction of sp³-hybridized carbons (Fsp3) is 0.261. The van der Waals surface area contributed by atoms with Gasteiger partial charge in [-0.1, -0.05) is 42.1 Å². The number of nitrogens with zero attached hydrogens (tertiary/aromatic N) is 4. The van der Waals surface area contributed by atoms with Crippen molar-refractivity contribution in [2.45, 2.75) is 36.4 Å². The van der Waals surface area contributed by atoms with Crippen LogP contribution in [0.3, 0.4) is 0 Å². The number of H-pyrrole nitrogens is 1. The van der Waals surface area contributed by atoms with E-state index in [9.17, 15) is 0 Å². The third-order valence-electron chi connectivity index (χ3n) is 5.62. The Kier molecular flexibility index (Phi) is 4.73. The molecule has 0 spiro atoms. The van der Waals surface area contributed by atoms with Crippen LogP contribution in [-0.4, -0.2) is 37.4 Å². The average Bonchev–Trinajstić information content (AvgIpc) is 3.58. The number of fused-ring (bicyclic) bond motifs is 2. The topological polar surface area (TPSA) is 81.8 Å². The first kappa shape index (κ1) is 18.7. The summed E-state index contributed by atoms with van der Waals surface area (Å²) in [5.41, 5.74) is 3.82. The minimum absolute atomic E-state index is 0.184. The first-order valence-electron chi connectivity index (χ1n) is 10.4. The van der Waals surface area contributed by atoms with Crippen molar-refractivity contribution in [2.75, 3.05) is 6.61 Å². The molecular formula is C23H21N5O2S. The van der Waals surface area contributed by atoms with Crippen LogP contribution in [0.25, 0.3) is 33.4 Å². The molecule has 1 fully saturated rings. The van der Waals surface area contributed by atoms with E-state index >= 15 is 0 Å². The molecule has 1 aliphatic heterocycles. The molecule has 1 unspecified atom stereocenters. The number of hydrogen-bond acceptors (Lipinski definition) is 6. The van der Waals surface area contributed by atoms with Gasteiger partial charge >= 0.3 is 0 Å². The van der Waals surface area contributed by atoms with Crippen LogP contribution in [-0.2, 0) is 17.0 Å². The standard InChI is InChI=1S/C23H21N5O2S/c1-2-8-18-16(7-1)17(12-24-18)22-26-27-23(28(22)13-15-6-5-11-29-15)31-14-21-25-19-9-3-4-10-20(19)30-21/h1-4,7-10,12,15,24H,5-6,11,13-14H2. The highest BCUT2D eigenvalue weighted by Gasteiger charge is 2.23. The molecule has 4 heterocycles. The summed E-state index contributed by atoms with van der Waals surface area (Å²) in [6.45, 7) is 1.55. The Balaban J connectivity index is 1.34. The van der Waals surface area contributed by atoms with Crippen LogP contribution in [0.1, 0.15) is 18.7 Å². The predicted molar refractivity (Wildman–Crippen MR) is 120 cm³/mol. The Bertz CT molecular complexity index is 1320. The molecule has 0 aliphatic carbocycles. The van der Waals surface area contributed by atoms with E-state index in [4.69, 9.17) is 9.15 Å². The summed E-state index contributed by atoms with van der Waals surface area (Å²) < 4.78 is 14.0. The van der Waals surface area contributed by atoms with Crippen molar-refractivity contribution in [3.8, 4) is 11.4 Å². The second-order valence-electron chi connectivity index (χ2n) is 7.66. The summed E-state index contributed by atoms with van der Waals surface area (Å²) in [5.74, 6) is 2.13. The molecule has 0 bridgehead atoms. The van der Waals surface area contributed by atoms with Crippen LogP contribution in [0.15, 0.2) is 64.3 Å². The van der Waals surface area contributed by atoms with Gasteiger partial charge in [-0.2, -0.15) is 0 Å². The molecule has 0 amide bonds. The minimum atomic E-state index is 0.184. The molecule has 1 atom stereocenters. The number of aromatic amines is 1. The van der Waals surface area contributed by atoms with E-state index in [0.29, 0.717) is 11.6 Å². The summed E-state index contributed by atoms with van der Waals surface area (Å²) >= 11 is 1.59. The molecule has 6 rings (SSSR count). The van der Waals surface area contributed by atoms with Crippen molar-refractivity contribution in [3.05, 3.63) is 60.6 Å². The van der Waals surface area contributed by atoms with Crippen molar-refractivity contribution in [1.29, 1.82) is 0 Å². The SMILES string of the molecule is c1ccc2oc(CSc3nnc(-c4c[nH]c5ccccc45)n3CC3CCCO3)nc2c1. The summed E-state index contributed by atoms with van der Waals surface area (Å²) in [6.07, 6.45) is 4.35. The smallest absolute Gasteiger partial charge is 0.205 e. The van der Waals surface area contributed by atoms with E-state index < -0.39 is 0 Å². The molecule has 8 heteroatoms. The Labute approximate surface area is 182 Å². The summed E-state index contributed by atoms with van der Waals surface area (Å²) in [5, 5.41) is 11.1. The van der Waals surface area contributed by atoms with Gasteiger partial charge in [0, 0.05) is 29.3 Å². The van der Waals surface area contributed by atoms with E-state index in [1.54, 1.807) is 11.8 Å². The highest BCUT2D eigenvalue weighted by Crippen LogP contribution is 2.32. The van der Waals surface area contributed by atoms with Crippen LogP contribution in [0.4, 0.5) is 0 Å². The van der Waals surface area contributed by atoms with Crippen molar-refractivity contribution in [2.24, 2.45) is 0 Å². The van der Waals surface area contributed by atoms with Crippen molar-refractivity contribution in [3.63, 3.8) is 0 Å². The van der Waals surface area contributed by atoms with E-state index in [0.717, 1.165) is 64.5 Å². The van der Waals surface area contributed by atoms with Gasteiger partial charge in [0.2, 0.25) is 5.89 Å². The average molecular weight is 432 g/mol. The maximum Gasteiger partial charge on any atom is 0.205 e. The lowest BCUT2D eigenvalue weighted by Gasteiger charge is -2.14. The predicted octanol–water partition coefficient (Wildman–Crippen LogP) is 5.04. The van der Waals surface area contributed by atoms with Crippen molar-refractivity contribution >= 4 is 33.8 Å². The molecule has 0 saturated carbocycles. The molecular weight excluding hydrogens is 410 g/mol. The van der Waals surface area contributed by atoms with Gasteiger partial charge in [0.1, 0.15) is 5.52 Å². The first-order chi connectivity index (χ1) is 15.3. The molecule has 3 aromatic heterocycles. The van der Waals surface area contributed by atoms with E-state index in [1.165, 1.54) is 0 Å². The molecule has 31 heavy (non-hydrogen) atoms. The van der Waals surface area contributed by atoms with E-state index in [1.807, 2.05) is 42.6 Å². The van der Waals surface area contributed by atoms with Gasteiger partial charge < -0.3 is 14.1 Å². The lowest BCUT2D eigenvalue weighted by atomic mass is 10.1. The summed E-state index contributed by atoms with van der Waals surface area (Å²) in [7, 11) is 0. The lowest BCUT2D eigenvalue weighted by Crippen LogP contribution is -2.16. The molecule has 5 aromatic rings. The largest absolute Gasteiger partial charge is 0.440 e. The number of benzene rings is 2. The molecule has 7 nitrogen and oxygen atoms in total. The van der Waals surface area contributed by atoms with Crippen molar-refractivity contribution in [1.82, 2.24) is 24.7 Å². The van der Waals surface area contributed by atoms with Gasteiger partial charge in [-0.3, -0.25) is 4.57 Å². The molecule has 156 valence electrons. The third-order valence-corrected chi connectivity index (χ3v) is 6.57. The fourth-order valence-corrected chi connectivity index (χ4v) is 4.91. The van der Waals surface area contributed by atoms with Gasteiger partial charge in [-0.15, -0.1) is 10.2 Å². The highest BCUT2D eigenvalue weighted by molar-refractivity contribution is 7.98. The maximum absolute atomic E-state index is 5.92. The zero-order chi connectivity index (χ0) is 20.6. The van der Waals surface area contributed by atoms with Crippen LogP contribution >= 0.6 is 11.8 Å². The maximum atomic E-state index is 5.92. The van der Waals surface area contributed by atoms with E-state index in [-0.39, 0.29) is 6.10 Å².